The first-order chi connectivity index (χ1) is 8.83. The molecular weight excluding hydrogens is 292 g/mol. The van der Waals surface area contributed by atoms with Gasteiger partial charge in [-0.3, -0.25) is 0 Å². The molecule has 2 rings (SSSR count). The number of ether oxygens (including phenoxy) is 2. The maximum atomic E-state index is 6.17. The van der Waals surface area contributed by atoms with Crippen molar-refractivity contribution in [1.82, 2.24) is 0 Å². The molecule has 1 aromatic rings. The summed E-state index contributed by atoms with van der Waals surface area (Å²) >= 11 is 3.52. The van der Waals surface area contributed by atoms with Gasteiger partial charge >= 0.3 is 0 Å². The largest absolute Gasteiger partial charge is 0.497 e. The van der Waals surface area contributed by atoms with Crippen molar-refractivity contribution in [1.29, 1.82) is 0 Å². The van der Waals surface area contributed by atoms with Crippen molar-refractivity contribution >= 4 is 15.9 Å². The lowest BCUT2D eigenvalue weighted by atomic mass is 10.1. The summed E-state index contributed by atoms with van der Waals surface area (Å²) in [5.74, 6) is 1.89. The van der Waals surface area contributed by atoms with E-state index >= 15 is 0 Å². The van der Waals surface area contributed by atoms with Gasteiger partial charge in [-0.15, -0.1) is 0 Å². The molecule has 1 saturated carbocycles. The molecule has 0 atom stereocenters. The van der Waals surface area contributed by atoms with E-state index in [0.29, 0.717) is 6.10 Å². The molecule has 0 heterocycles. The highest BCUT2D eigenvalue weighted by atomic mass is 79.9. The quantitative estimate of drug-likeness (QED) is 0.593. The molecular formula is C15H21BrO2. The van der Waals surface area contributed by atoms with Crippen molar-refractivity contribution in [3.8, 4) is 11.5 Å². The van der Waals surface area contributed by atoms with Gasteiger partial charge in [0, 0.05) is 10.9 Å². The van der Waals surface area contributed by atoms with Crippen LogP contribution in [0.2, 0.25) is 0 Å². The lowest BCUT2D eigenvalue weighted by Crippen LogP contribution is -2.15. The zero-order chi connectivity index (χ0) is 12.8. The number of rotatable bonds is 4. The molecule has 1 aromatic carbocycles. The van der Waals surface area contributed by atoms with Gasteiger partial charge in [0.1, 0.15) is 11.5 Å². The molecule has 2 nitrogen and oxygen atoms in total. The summed E-state index contributed by atoms with van der Waals surface area (Å²) in [6.45, 7) is 0. The van der Waals surface area contributed by atoms with Gasteiger partial charge in [-0.25, -0.2) is 0 Å². The Kier molecular flexibility index (Phi) is 5.36. The first-order valence-electron chi connectivity index (χ1n) is 6.73. The first kappa shape index (κ1) is 13.7. The monoisotopic (exact) mass is 312 g/mol. The summed E-state index contributed by atoms with van der Waals surface area (Å²) < 4.78 is 11.4. The Labute approximate surface area is 118 Å². The maximum Gasteiger partial charge on any atom is 0.124 e. The summed E-state index contributed by atoms with van der Waals surface area (Å²) in [7, 11) is 1.69. The van der Waals surface area contributed by atoms with E-state index in [9.17, 15) is 0 Å². The van der Waals surface area contributed by atoms with Crippen molar-refractivity contribution in [3.05, 3.63) is 23.8 Å². The highest BCUT2D eigenvalue weighted by molar-refractivity contribution is 9.08. The Bertz CT molecular complexity index is 371. The summed E-state index contributed by atoms with van der Waals surface area (Å²) in [4.78, 5) is 0. The van der Waals surface area contributed by atoms with E-state index < -0.39 is 0 Å². The standard InChI is InChI=1S/C15H21BrO2/c1-17-14-8-9-15(12(10-14)11-16)18-13-6-4-2-3-5-7-13/h8-10,13H,2-7,11H2,1H3. The lowest BCUT2D eigenvalue weighted by Gasteiger charge is -2.19. The number of hydrogen-bond donors (Lipinski definition) is 0. The van der Waals surface area contributed by atoms with Crippen molar-refractivity contribution in [2.45, 2.75) is 50.0 Å². The number of benzene rings is 1. The number of halogens is 1. The van der Waals surface area contributed by atoms with Gasteiger partial charge in [0.15, 0.2) is 0 Å². The third kappa shape index (κ3) is 3.64. The fraction of sp³-hybridized carbons (Fsp3) is 0.600. The van der Waals surface area contributed by atoms with Crippen LogP contribution in [0.4, 0.5) is 0 Å². The van der Waals surface area contributed by atoms with Gasteiger partial charge in [-0.2, -0.15) is 0 Å². The van der Waals surface area contributed by atoms with E-state index in [1.807, 2.05) is 18.2 Å². The topological polar surface area (TPSA) is 18.5 Å². The van der Waals surface area contributed by atoms with Crippen molar-refractivity contribution < 1.29 is 9.47 Å². The molecule has 1 aliphatic rings. The first-order valence-corrected chi connectivity index (χ1v) is 7.85. The van der Waals surface area contributed by atoms with Gasteiger partial charge in [0.2, 0.25) is 0 Å². The van der Waals surface area contributed by atoms with Crippen LogP contribution in [0.3, 0.4) is 0 Å². The average molecular weight is 313 g/mol. The van der Waals surface area contributed by atoms with E-state index in [2.05, 4.69) is 15.9 Å². The summed E-state index contributed by atoms with van der Waals surface area (Å²) in [5, 5.41) is 0.798. The van der Waals surface area contributed by atoms with E-state index in [1.54, 1.807) is 7.11 Å². The van der Waals surface area contributed by atoms with Crippen LogP contribution in [0, 0.1) is 0 Å². The minimum Gasteiger partial charge on any atom is -0.497 e. The SMILES string of the molecule is COc1ccc(OC2CCCCCC2)c(CBr)c1. The van der Waals surface area contributed by atoms with E-state index in [0.717, 1.165) is 16.8 Å². The molecule has 0 amide bonds. The van der Waals surface area contributed by atoms with Gasteiger partial charge in [0.25, 0.3) is 0 Å². The lowest BCUT2D eigenvalue weighted by molar-refractivity contribution is 0.182. The molecule has 0 N–H and O–H groups in total. The van der Waals surface area contributed by atoms with Crippen LogP contribution in [0.5, 0.6) is 11.5 Å². The molecule has 0 unspecified atom stereocenters. The number of hydrogen-bond acceptors (Lipinski definition) is 2. The van der Waals surface area contributed by atoms with Crippen molar-refractivity contribution in [3.63, 3.8) is 0 Å². The molecule has 1 aliphatic carbocycles. The van der Waals surface area contributed by atoms with Crippen LogP contribution < -0.4 is 9.47 Å². The summed E-state index contributed by atoms with van der Waals surface area (Å²) in [6.07, 6.45) is 8.07. The zero-order valence-corrected chi connectivity index (χ0v) is 12.5. The van der Waals surface area contributed by atoms with Crippen molar-refractivity contribution in [2.75, 3.05) is 7.11 Å². The molecule has 0 aliphatic heterocycles. The molecule has 0 aromatic heterocycles. The Morgan fingerprint density at radius 3 is 2.50 bits per heavy atom. The minimum atomic E-state index is 0.388. The predicted octanol–water partition coefficient (Wildman–Crippen LogP) is 4.69. The Balaban J connectivity index is 2.07. The van der Waals surface area contributed by atoms with E-state index in [-0.39, 0.29) is 0 Å². The van der Waals surface area contributed by atoms with E-state index in [4.69, 9.17) is 9.47 Å². The Hall–Kier alpha value is -0.700. The average Bonchev–Trinajstić information content (AvgIpc) is 2.68. The molecule has 0 saturated heterocycles. The van der Waals surface area contributed by atoms with Crippen LogP contribution in [0.25, 0.3) is 0 Å². The fourth-order valence-corrected chi connectivity index (χ4v) is 2.88. The van der Waals surface area contributed by atoms with Gasteiger partial charge in [-0.05, 0) is 43.9 Å². The van der Waals surface area contributed by atoms with Gasteiger partial charge in [0.05, 0.1) is 13.2 Å². The third-order valence-electron chi connectivity index (χ3n) is 3.51. The van der Waals surface area contributed by atoms with Crippen molar-refractivity contribution in [2.24, 2.45) is 0 Å². The van der Waals surface area contributed by atoms with Crippen LogP contribution in [0.1, 0.15) is 44.1 Å². The Morgan fingerprint density at radius 1 is 1.17 bits per heavy atom. The van der Waals surface area contributed by atoms with Crippen LogP contribution in [-0.2, 0) is 5.33 Å². The number of alkyl halides is 1. The fourth-order valence-electron chi connectivity index (χ4n) is 2.44. The molecule has 18 heavy (non-hydrogen) atoms. The van der Waals surface area contributed by atoms with E-state index in [1.165, 1.54) is 44.1 Å². The number of methoxy groups -OCH3 is 1. The maximum absolute atomic E-state index is 6.17. The molecule has 0 bridgehead atoms. The smallest absolute Gasteiger partial charge is 0.124 e. The zero-order valence-electron chi connectivity index (χ0n) is 11.0. The summed E-state index contributed by atoms with van der Waals surface area (Å²) in [6, 6.07) is 6.04. The second-order valence-electron chi connectivity index (χ2n) is 4.84. The minimum absolute atomic E-state index is 0.388. The molecule has 3 heteroatoms. The molecule has 0 spiro atoms. The molecule has 0 radical (unpaired) electrons. The summed E-state index contributed by atoms with van der Waals surface area (Å²) in [5.41, 5.74) is 1.17. The van der Waals surface area contributed by atoms with Crippen LogP contribution in [-0.4, -0.2) is 13.2 Å². The second kappa shape index (κ2) is 7.03. The molecule has 1 fully saturated rings. The highest BCUT2D eigenvalue weighted by Gasteiger charge is 2.15. The highest BCUT2D eigenvalue weighted by Crippen LogP contribution is 2.29. The van der Waals surface area contributed by atoms with Gasteiger partial charge < -0.3 is 9.47 Å². The third-order valence-corrected chi connectivity index (χ3v) is 4.11. The Morgan fingerprint density at radius 2 is 1.89 bits per heavy atom. The predicted molar refractivity (Wildman–Crippen MR) is 77.7 cm³/mol. The van der Waals surface area contributed by atoms with Crippen LogP contribution in [0.15, 0.2) is 18.2 Å². The van der Waals surface area contributed by atoms with Crippen LogP contribution >= 0.6 is 15.9 Å². The molecule has 100 valence electrons. The van der Waals surface area contributed by atoms with Gasteiger partial charge in [-0.1, -0.05) is 28.8 Å². The second-order valence-corrected chi connectivity index (χ2v) is 5.40. The normalized spacial score (nSPS) is 17.2.